The Morgan fingerprint density at radius 3 is 2.67 bits per heavy atom. The summed E-state index contributed by atoms with van der Waals surface area (Å²) in [5, 5.41) is 0. The van der Waals surface area contributed by atoms with Crippen LogP contribution in [-0.2, 0) is 9.47 Å². The van der Waals surface area contributed by atoms with Crippen molar-refractivity contribution in [1.29, 1.82) is 0 Å². The maximum absolute atomic E-state index is 5.68. The van der Waals surface area contributed by atoms with Crippen molar-refractivity contribution in [3.05, 3.63) is 0 Å². The molecule has 12 heavy (non-hydrogen) atoms. The summed E-state index contributed by atoms with van der Waals surface area (Å²) in [6.45, 7) is 3.53. The van der Waals surface area contributed by atoms with E-state index in [4.69, 9.17) is 15.2 Å². The van der Waals surface area contributed by atoms with Crippen LogP contribution in [0.3, 0.4) is 0 Å². The Hall–Kier alpha value is -0.120. The van der Waals surface area contributed by atoms with Crippen LogP contribution in [0.4, 0.5) is 0 Å². The van der Waals surface area contributed by atoms with Crippen LogP contribution >= 0.6 is 0 Å². The van der Waals surface area contributed by atoms with Gasteiger partial charge in [0, 0.05) is 7.11 Å². The third kappa shape index (κ3) is 2.73. The summed E-state index contributed by atoms with van der Waals surface area (Å²) in [7, 11) is 1.70. The molecule has 0 amide bonds. The minimum atomic E-state index is 0.221. The fraction of sp³-hybridized carbons (Fsp3) is 1.00. The van der Waals surface area contributed by atoms with Gasteiger partial charge in [-0.05, 0) is 32.2 Å². The molecule has 0 heterocycles. The molecule has 0 spiro atoms. The molecule has 3 nitrogen and oxygen atoms in total. The Morgan fingerprint density at radius 1 is 1.50 bits per heavy atom. The Kier molecular flexibility index (Phi) is 3.98. The van der Waals surface area contributed by atoms with Gasteiger partial charge in [-0.25, -0.2) is 0 Å². The van der Waals surface area contributed by atoms with Crippen molar-refractivity contribution < 1.29 is 9.47 Å². The Bertz CT molecular complexity index is 124. The average molecular weight is 173 g/mol. The van der Waals surface area contributed by atoms with Crippen molar-refractivity contribution in [2.45, 2.75) is 32.0 Å². The van der Waals surface area contributed by atoms with Crippen LogP contribution < -0.4 is 5.73 Å². The number of hydrogen-bond donors (Lipinski definition) is 1. The third-order valence-corrected chi connectivity index (χ3v) is 2.35. The van der Waals surface area contributed by atoms with Crippen LogP contribution in [0, 0.1) is 5.92 Å². The second-order valence-corrected chi connectivity index (χ2v) is 3.60. The van der Waals surface area contributed by atoms with E-state index >= 15 is 0 Å². The van der Waals surface area contributed by atoms with Gasteiger partial charge in [0.1, 0.15) is 0 Å². The maximum Gasteiger partial charge on any atom is 0.0784 e. The predicted octanol–water partition coefficient (Wildman–Crippen LogP) is 0.775. The number of rotatable bonds is 5. The molecule has 1 aliphatic carbocycles. The maximum atomic E-state index is 5.68. The molecule has 0 saturated heterocycles. The highest BCUT2D eigenvalue weighted by Gasteiger charge is 2.29. The molecule has 2 N–H and O–H groups in total. The zero-order valence-corrected chi connectivity index (χ0v) is 7.95. The minimum absolute atomic E-state index is 0.221. The van der Waals surface area contributed by atoms with Crippen molar-refractivity contribution in [3.8, 4) is 0 Å². The van der Waals surface area contributed by atoms with Crippen molar-refractivity contribution in [1.82, 2.24) is 0 Å². The average Bonchev–Trinajstić information content (AvgIpc) is 1.96. The van der Waals surface area contributed by atoms with Gasteiger partial charge in [0.15, 0.2) is 0 Å². The van der Waals surface area contributed by atoms with Gasteiger partial charge in [0.05, 0.1) is 18.8 Å². The van der Waals surface area contributed by atoms with E-state index in [1.54, 1.807) is 7.11 Å². The third-order valence-electron chi connectivity index (χ3n) is 2.35. The van der Waals surface area contributed by atoms with Crippen molar-refractivity contribution in [2.24, 2.45) is 11.7 Å². The second-order valence-electron chi connectivity index (χ2n) is 3.60. The molecule has 1 aliphatic rings. The van der Waals surface area contributed by atoms with E-state index < -0.39 is 0 Å². The van der Waals surface area contributed by atoms with Crippen molar-refractivity contribution in [2.75, 3.05) is 20.3 Å². The first-order valence-electron chi connectivity index (χ1n) is 4.60. The van der Waals surface area contributed by atoms with E-state index in [1.165, 1.54) is 0 Å². The van der Waals surface area contributed by atoms with Gasteiger partial charge >= 0.3 is 0 Å². The molecule has 1 atom stereocenters. The lowest BCUT2D eigenvalue weighted by atomic mass is 9.82. The molecule has 0 aromatic carbocycles. The molecule has 1 saturated carbocycles. The Balaban J connectivity index is 2.02. The van der Waals surface area contributed by atoms with Gasteiger partial charge in [-0.15, -0.1) is 0 Å². The molecule has 1 fully saturated rings. The van der Waals surface area contributed by atoms with Crippen LogP contribution in [-0.4, -0.2) is 32.5 Å². The van der Waals surface area contributed by atoms with Gasteiger partial charge in [-0.1, -0.05) is 0 Å². The normalized spacial score (nSPS) is 31.2. The molecule has 72 valence electrons. The number of nitrogens with two attached hydrogens (primary N) is 1. The molecule has 1 rings (SSSR count). The summed E-state index contributed by atoms with van der Waals surface area (Å²) < 4.78 is 10.7. The highest BCUT2D eigenvalue weighted by molar-refractivity contribution is 4.81. The van der Waals surface area contributed by atoms with Gasteiger partial charge < -0.3 is 15.2 Å². The fourth-order valence-corrected chi connectivity index (χ4v) is 1.58. The topological polar surface area (TPSA) is 44.5 Å². The molecule has 3 heteroatoms. The summed E-state index contributed by atoms with van der Waals surface area (Å²) in [6, 6.07) is 0. The van der Waals surface area contributed by atoms with Crippen LogP contribution in [0.25, 0.3) is 0 Å². The zero-order valence-electron chi connectivity index (χ0n) is 7.95. The lowest BCUT2D eigenvalue weighted by Gasteiger charge is -2.36. The molecule has 0 aromatic rings. The zero-order chi connectivity index (χ0) is 8.97. The van der Waals surface area contributed by atoms with Gasteiger partial charge in [-0.3, -0.25) is 0 Å². The Morgan fingerprint density at radius 2 is 2.17 bits per heavy atom. The van der Waals surface area contributed by atoms with Crippen LogP contribution in [0.5, 0.6) is 0 Å². The number of methoxy groups -OCH3 is 1. The first-order valence-corrected chi connectivity index (χ1v) is 4.60. The van der Waals surface area contributed by atoms with Crippen LogP contribution in [0.2, 0.25) is 0 Å². The summed E-state index contributed by atoms with van der Waals surface area (Å²) in [4.78, 5) is 0. The molecular formula is C9H19NO2. The predicted molar refractivity (Wildman–Crippen MR) is 48.0 cm³/mol. The van der Waals surface area contributed by atoms with E-state index in [0.717, 1.165) is 19.4 Å². The van der Waals surface area contributed by atoms with Crippen molar-refractivity contribution >= 4 is 0 Å². The smallest absolute Gasteiger partial charge is 0.0784 e. The molecule has 0 aliphatic heterocycles. The van der Waals surface area contributed by atoms with E-state index in [2.05, 4.69) is 0 Å². The highest BCUT2D eigenvalue weighted by Crippen LogP contribution is 2.29. The first-order chi connectivity index (χ1) is 5.76. The standard InChI is InChI=1S/C9H19NO2/c1-7(6-11-2)12-9-3-8(4-9)5-10/h7-9H,3-6,10H2,1-2H3. The largest absolute Gasteiger partial charge is 0.382 e. The summed E-state index contributed by atoms with van der Waals surface area (Å²) in [5.41, 5.74) is 5.51. The number of hydrogen-bond acceptors (Lipinski definition) is 3. The molecule has 0 aromatic heterocycles. The minimum Gasteiger partial charge on any atom is -0.382 e. The molecular weight excluding hydrogens is 154 g/mol. The van der Waals surface area contributed by atoms with E-state index in [0.29, 0.717) is 18.6 Å². The lowest BCUT2D eigenvalue weighted by Crippen LogP contribution is -2.38. The number of ether oxygens (including phenoxy) is 2. The van der Waals surface area contributed by atoms with Crippen molar-refractivity contribution in [3.63, 3.8) is 0 Å². The lowest BCUT2D eigenvalue weighted by molar-refractivity contribution is -0.0877. The summed E-state index contributed by atoms with van der Waals surface area (Å²) in [6.07, 6.45) is 2.91. The Labute approximate surface area is 74.2 Å². The monoisotopic (exact) mass is 173 g/mol. The molecule has 0 bridgehead atoms. The van der Waals surface area contributed by atoms with E-state index in [9.17, 15) is 0 Å². The van der Waals surface area contributed by atoms with Gasteiger partial charge in [0.25, 0.3) is 0 Å². The van der Waals surface area contributed by atoms with Crippen LogP contribution in [0.1, 0.15) is 19.8 Å². The summed E-state index contributed by atoms with van der Waals surface area (Å²) in [5.74, 6) is 0.699. The second kappa shape index (κ2) is 4.80. The molecule has 1 unspecified atom stereocenters. The first kappa shape index (κ1) is 9.96. The SMILES string of the molecule is COCC(C)OC1CC(CN)C1. The molecule has 0 radical (unpaired) electrons. The summed E-state index contributed by atoms with van der Waals surface area (Å²) >= 11 is 0. The van der Waals surface area contributed by atoms with Gasteiger partial charge in [-0.2, -0.15) is 0 Å². The highest BCUT2D eigenvalue weighted by atomic mass is 16.5. The van der Waals surface area contributed by atoms with E-state index in [1.807, 2.05) is 6.92 Å². The van der Waals surface area contributed by atoms with E-state index in [-0.39, 0.29) is 6.10 Å². The fourth-order valence-electron chi connectivity index (χ4n) is 1.58. The van der Waals surface area contributed by atoms with Crippen LogP contribution in [0.15, 0.2) is 0 Å². The van der Waals surface area contributed by atoms with Gasteiger partial charge in [0.2, 0.25) is 0 Å². The quantitative estimate of drug-likeness (QED) is 0.668.